The number of aldehydes is 2. The second-order valence-electron chi connectivity index (χ2n) is 11.5. The van der Waals surface area contributed by atoms with E-state index in [4.69, 9.17) is 32.0 Å². The van der Waals surface area contributed by atoms with Gasteiger partial charge in [0.2, 0.25) is 0 Å². The minimum atomic E-state index is -2.53. The monoisotopic (exact) mass is 750 g/mol. The van der Waals surface area contributed by atoms with Crippen LogP contribution in [0, 0.1) is 11.6 Å². The lowest BCUT2D eigenvalue weighted by Crippen LogP contribution is -2.08. The average Bonchev–Trinajstić information content (AvgIpc) is 3.83. The van der Waals surface area contributed by atoms with Crippen molar-refractivity contribution in [2.75, 3.05) is 0 Å². The van der Waals surface area contributed by atoms with Crippen LogP contribution in [-0.4, -0.2) is 57.4 Å². The minimum absolute atomic E-state index is 0.0201. The number of aromatic nitrogens is 6. The Morgan fingerprint density at radius 3 is 1.66 bits per heavy atom. The van der Waals surface area contributed by atoms with Crippen LogP contribution < -0.4 is 4.74 Å². The standard InChI is InChI=1S/C19H18FN3O3.C12H14ClN3.C7H5FO3/c1-12(2)23-17(5-7-22-23)14-4-3-6-21-16(14)11-26-19-9-13(20)8-18(25)15(19)10-24;1-9(2)16-12(5-7-15-16)10-4-3-6-14-11(10)8-13;8-4-1-6(10)5(3-9)7(11)2-4/h3-10,12,25H,11H2,1-2H3;3-7,9H,8H2,1-2H3;1-3,10-11H/i11D2;8D2;. The summed E-state index contributed by atoms with van der Waals surface area (Å²) in [6.45, 7) is 5.37. The number of halogens is 3. The first-order chi connectivity index (χ1) is 26.8. The number of carbonyl (C=O) groups is 2. The second kappa shape index (κ2) is 18.4. The molecule has 276 valence electrons. The van der Waals surface area contributed by atoms with Crippen LogP contribution in [-0.2, 0) is 12.4 Å². The molecule has 0 saturated heterocycles. The van der Waals surface area contributed by atoms with E-state index in [1.54, 1.807) is 47.4 Å². The zero-order valence-corrected chi connectivity index (χ0v) is 29.5. The van der Waals surface area contributed by atoms with Crippen molar-refractivity contribution in [2.45, 2.75) is 52.2 Å². The molecule has 0 spiro atoms. The summed E-state index contributed by atoms with van der Waals surface area (Å²) in [6.07, 6.45) is 6.75. The highest BCUT2D eigenvalue weighted by molar-refractivity contribution is 6.17. The Labute approximate surface area is 314 Å². The predicted octanol–water partition coefficient (Wildman–Crippen LogP) is 8.08. The number of aromatic hydroxyl groups is 3. The molecule has 6 aromatic rings. The molecule has 53 heavy (non-hydrogen) atoms. The minimum Gasteiger partial charge on any atom is -0.507 e. The molecule has 2 aromatic carbocycles. The molecule has 3 N–H and O–H groups in total. The topological polar surface area (TPSA) is 165 Å². The Kier molecular flexibility index (Phi) is 11.8. The molecule has 4 heterocycles. The van der Waals surface area contributed by atoms with Gasteiger partial charge in [-0.1, -0.05) is 0 Å². The van der Waals surface area contributed by atoms with E-state index >= 15 is 0 Å². The van der Waals surface area contributed by atoms with Crippen molar-refractivity contribution in [3.05, 3.63) is 120 Å². The molecule has 12 nitrogen and oxygen atoms in total. The molecule has 15 heteroatoms. The molecule has 0 amide bonds. The van der Waals surface area contributed by atoms with Crippen molar-refractivity contribution >= 4 is 24.2 Å². The van der Waals surface area contributed by atoms with Gasteiger partial charge in [-0.2, -0.15) is 10.2 Å². The quantitative estimate of drug-likeness (QED) is 0.0921. The maximum Gasteiger partial charge on any atom is 0.157 e. The van der Waals surface area contributed by atoms with Crippen LogP contribution in [0.2, 0.25) is 0 Å². The Balaban J connectivity index is 0.000000211. The lowest BCUT2D eigenvalue weighted by Gasteiger charge is -2.15. The summed E-state index contributed by atoms with van der Waals surface area (Å²) in [5.74, 6) is -5.83. The van der Waals surface area contributed by atoms with Crippen LogP contribution in [0.3, 0.4) is 0 Å². The van der Waals surface area contributed by atoms with Gasteiger partial charge in [0.15, 0.2) is 12.6 Å². The van der Waals surface area contributed by atoms with Crippen LogP contribution in [0.15, 0.2) is 85.5 Å². The third-order valence-electron chi connectivity index (χ3n) is 7.26. The normalized spacial score (nSPS) is 12.3. The van der Waals surface area contributed by atoms with Gasteiger partial charge in [-0.3, -0.25) is 28.9 Å². The molecule has 0 atom stereocenters. The molecule has 0 radical (unpaired) electrons. The van der Waals surface area contributed by atoms with E-state index in [0.29, 0.717) is 16.8 Å². The average molecular weight is 751 g/mol. The molecular weight excluding hydrogens is 710 g/mol. The van der Waals surface area contributed by atoms with Crippen LogP contribution >= 0.6 is 11.6 Å². The van der Waals surface area contributed by atoms with E-state index < -0.39 is 47.0 Å². The van der Waals surface area contributed by atoms with E-state index in [0.717, 1.165) is 30.0 Å². The van der Waals surface area contributed by atoms with Gasteiger partial charge in [0.1, 0.15) is 41.2 Å². The number of carbonyl (C=O) groups excluding carboxylic acids is 2. The van der Waals surface area contributed by atoms with E-state index in [1.165, 1.54) is 12.4 Å². The summed E-state index contributed by atoms with van der Waals surface area (Å²) >= 11 is 5.75. The van der Waals surface area contributed by atoms with Crippen molar-refractivity contribution in [1.29, 1.82) is 0 Å². The smallest absolute Gasteiger partial charge is 0.157 e. The van der Waals surface area contributed by atoms with Crippen molar-refractivity contribution < 1.29 is 43.9 Å². The Hall–Kier alpha value is -6.15. The second-order valence-corrected chi connectivity index (χ2v) is 11.7. The molecule has 0 aliphatic rings. The highest BCUT2D eigenvalue weighted by Crippen LogP contribution is 2.31. The Bertz CT molecular complexity index is 2330. The van der Waals surface area contributed by atoms with E-state index in [1.807, 2.05) is 38.4 Å². The number of pyridine rings is 2. The number of nitrogens with zero attached hydrogens (tertiary/aromatic N) is 6. The maximum absolute atomic E-state index is 13.7. The zero-order valence-electron chi connectivity index (χ0n) is 32.8. The first kappa shape index (κ1) is 34.0. The molecular formula is C38H37ClF2N6O6. The lowest BCUT2D eigenvalue weighted by atomic mass is 10.1. The lowest BCUT2D eigenvalue weighted by molar-refractivity contribution is 0.110. The van der Waals surface area contributed by atoms with Gasteiger partial charge in [0.25, 0.3) is 0 Å². The van der Waals surface area contributed by atoms with Crippen molar-refractivity contribution in [3.63, 3.8) is 0 Å². The van der Waals surface area contributed by atoms with E-state index in [9.17, 15) is 23.5 Å². The number of benzene rings is 2. The Morgan fingerprint density at radius 1 is 0.736 bits per heavy atom. The summed E-state index contributed by atoms with van der Waals surface area (Å²) in [7, 11) is 0. The Morgan fingerprint density at radius 2 is 1.19 bits per heavy atom. The van der Waals surface area contributed by atoms with Crippen LogP contribution in [0.25, 0.3) is 22.5 Å². The number of alkyl halides is 1. The van der Waals surface area contributed by atoms with Crippen molar-refractivity contribution in [1.82, 2.24) is 29.5 Å². The zero-order chi connectivity index (χ0) is 42.2. The molecule has 6 rings (SSSR count). The van der Waals surface area contributed by atoms with Gasteiger partial charge in [-0.25, -0.2) is 8.78 Å². The maximum atomic E-state index is 13.7. The van der Waals surface area contributed by atoms with Gasteiger partial charge < -0.3 is 20.1 Å². The summed E-state index contributed by atoms with van der Waals surface area (Å²) < 4.78 is 66.8. The van der Waals surface area contributed by atoms with Gasteiger partial charge in [0, 0.05) is 72.3 Å². The van der Waals surface area contributed by atoms with E-state index in [-0.39, 0.29) is 47.2 Å². The summed E-state index contributed by atoms with van der Waals surface area (Å²) in [5, 5.41) is 35.9. The third-order valence-corrected chi connectivity index (χ3v) is 7.43. The summed E-state index contributed by atoms with van der Waals surface area (Å²) in [6, 6.07) is 13.7. The molecule has 0 aliphatic heterocycles. The predicted molar refractivity (Wildman–Crippen MR) is 194 cm³/mol. The third kappa shape index (κ3) is 9.80. The molecule has 0 fully saturated rings. The SMILES string of the molecule is O=Cc1c(O)cc(F)cc1O.[2H]C([2H])(Cl)c1ncccc1-c1ccnn1C(C)C.[2H]C([2H])(Oc1cc(F)cc(O)c1C=O)c1ncccc1-c1ccnn1C(C)C. The van der Waals surface area contributed by atoms with Crippen LogP contribution in [0.4, 0.5) is 8.78 Å². The fraction of sp³-hybridized carbons (Fsp3) is 0.211. The number of ether oxygens (including phenoxy) is 1. The van der Waals surface area contributed by atoms with Crippen LogP contribution in [0.5, 0.6) is 23.0 Å². The highest BCUT2D eigenvalue weighted by Gasteiger charge is 2.16. The largest absolute Gasteiger partial charge is 0.507 e. The number of hydrogen-bond donors (Lipinski definition) is 3. The van der Waals surface area contributed by atoms with E-state index in [2.05, 4.69) is 20.2 Å². The number of phenols is 3. The fourth-order valence-corrected chi connectivity index (χ4v) is 5.01. The highest BCUT2D eigenvalue weighted by atomic mass is 35.5. The van der Waals surface area contributed by atoms with Crippen LogP contribution in [0.1, 0.15) is 77.4 Å². The van der Waals surface area contributed by atoms with Gasteiger partial charge in [0.05, 0.1) is 45.2 Å². The molecule has 4 aromatic heterocycles. The number of rotatable bonds is 10. The molecule has 0 bridgehead atoms. The van der Waals surface area contributed by atoms with Crippen molar-refractivity contribution in [3.8, 4) is 45.5 Å². The van der Waals surface area contributed by atoms with Gasteiger partial charge in [-0.05, 0) is 64.1 Å². The number of hydrogen-bond acceptors (Lipinski definition) is 10. The molecule has 0 unspecified atom stereocenters. The number of phenolic OH excluding ortho intramolecular Hbond substituents is 3. The van der Waals surface area contributed by atoms with Gasteiger partial charge >= 0.3 is 0 Å². The van der Waals surface area contributed by atoms with Gasteiger partial charge in [-0.15, -0.1) is 11.6 Å². The summed E-state index contributed by atoms with van der Waals surface area (Å²) in [4.78, 5) is 29.5. The first-order valence-corrected chi connectivity index (χ1v) is 16.2. The van der Waals surface area contributed by atoms with Crippen molar-refractivity contribution in [2.24, 2.45) is 0 Å². The fourth-order valence-electron chi connectivity index (χ4n) is 4.85. The molecule has 0 saturated carbocycles. The first-order valence-electron chi connectivity index (χ1n) is 17.8. The molecule has 0 aliphatic carbocycles. The summed E-state index contributed by atoms with van der Waals surface area (Å²) in [5.41, 5.74) is 2.05.